The van der Waals surface area contributed by atoms with Crippen LogP contribution >= 0.6 is 11.6 Å². The molecule has 20 heavy (non-hydrogen) atoms. The van der Waals surface area contributed by atoms with Gasteiger partial charge in [0.25, 0.3) is 0 Å². The molecule has 1 fully saturated rings. The highest BCUT2D eigenvalue weighted by Crippen LogP contribution is 2.31. The first-order chi connectivity index (χ1) is 9.69. The van der Waals surface area contributed by atoms with E-state index in [9.17, 15) is 4.79 Å². The van der Waals surface area contributed by atoms with Gasteiger partial charge in [0.1, 0.15) is 0 Å². The van der Waals surface area contributed by atoms with E-state index >= 15 is 0 Å². The number of pyridine rings is 1. The van der Waals surface area contributed by atoms with Gasteiger partial charge in [0.15, 0.2) is 0 Å². The molecular weight excluding hydrogens is 276 g/mol. The number of aromatic nitrogens is 1. The number of nitrogens with zero attached hydrogens (tertiary/aromatic N) is 2. The van der Waals surface area contributed by atoms with Crippen LogP contribution < -0.4 is 4.90 Å². The van der Waals surface area contributed by atoms with Gasteiger partial charge in [-0.2, -0.15) is 0 Å². The van der Waals surface area contributed by atoms with Crippen molar-refractivity contribution in [2.24, 2.45) is 5.92 Å². The molecular formula is C15H15ClN2O2. The predicted octanol–water partition coefficient (Wildman–Crippen LogP) is 2.89. The van der Waals surface area contributed by atoms with Gasteiger partial charge < -0.3 is 9.64 Å². The van der Waals surface area contributed by atoms with Gasteiger partial charge in [0.2, 0.25) is 0 Å². The van der Waals surface area contributed by atoms with Gasteiger partial charge in [0.05, 0.1) is 18.5 Å². The summed E-state index contributed by atoms with van der Waals surface area (Å²) in [4.78, 5) is 18.2. The summed E-state index contributed by atoms with van der Waals surface area (Å²) in [5.74, 6) is -0.176. The third kappa shape index (κ3) is 2.31. The molecule has 1 unspecified atom stereocenters. The molecule has 104 valence electrons. The van der Waals surface area contributed by atoms with Crippen LogP contribution in [0.1, 0.15) is 6.42 Å². The normalized spacial score (nSPS) is 18.5. The second-order valence-corrected chi connectivity index (χ2v) is 5.38. The Morgan fingerprint density at radius 2 is 2.30 bits per heavy atom. The lowest BCUT2D eigenvalue weighted by atomic mass is 10.1. The van der Waals surface area contributed by atoms with Gasteiger partial charge in [-0.1, -0.05) is 11.6 Å². The molecule has 0 amide bonds. The van der Waals surface area contributed by atoms with E-state index in [4.69, 9.17) is 16.3 Å². The summed E-state index contributed by atoms with van der Waals surface area (Å²) >= 11 is 6.00. The molecule has 4 nitrogen and oxygen atoms in total. The predicted molar refractivity (Wildman–Crippen MR) is 79.1 cm³/mol. The molecule has 1 aliphatic rings. The lowest BCUT2D eigenvalue weighted by molar-refractivity contribution is -0.144. The maximum Gasteiger partial charge on any atom is 0.310 e. The van der Waals surface area contributed by atoms with Gasteiger partial charge in [-0.05, 0) is 30.7 Å². The highest BCUT2D eigenvalue weighted by molar-refractivity contribution is 6.31. The number of carbonyl (C=O) groups is 1. The molecule has 1 aromatic heterocycles. The van der Waals surface area contributed by atoms with Gasteiger partial charge >= 0.3 is 5.97 Å². The Hall–Kier alpha value is -1.81. The molecule has 0 bridgehead atoms. The van der Waals surface area contributed by atoms with Gasteiger partial charge in [-0.25, -0.2) is 0 Å². The Bertz CT molecular complexity index is 659. The van der Waals surface area contributed by atoms with Crippen molar-refractivity contribution in [3.05, 3.63) is 35.5 Å². The number of benzene rings is 1. The average molecular weight is 291 g/mol. The van der Waals surface area contributed by atoms with E-state index in [0.717, 1.165) is 29.6 Å². The number of esters is 1. The van der Waals surface area contributed by atoms with E-state index in [-0.39, 0.29) is 11.9 Å². The SMILES string of the molecule is COC(=O)C1CCN(c2ccnc3cc(Cl)ccc23)C1. The molecule has 1 saturated heterocycles. The van der Waals surface area contributed by atoms with Crippen LogP contribution in [0.15, 0.2) is 30.5 Å². The number of fused-ring (bicyclic) bond motifs is 1. The molecule has 0 radical (unpaired) electrons. The zero-order chi connectivity index (χ0) is 14.1. The average Bonchev–Trinajstić information content (AvgIpc) is 2.95. The molecule has 0 spiro atoms. The smallest absolute Gasteiger partial charge is 0.310 e. The summed E-state index contributed by atoms with van der Waals surface area (Å²) in [6, 6.07) is 7.68. The Balaban J connectivity index is 1.93. The first-order valence-corrected chi connectivity index (χ1v) is 6.94. The van der Waals surface area contributed by atoms with Crippen molar-refractivity contribution >= 4 is 34.2 Å². The lowest BCUT2D eigenvalue weighted by Gasteiger charge is -2.20. The number of rotatable bonds is 2. The van der Waals surface area contributed by atoms with Crippen molar-refractivity contribution < 1.29 is 9.53 Å². The van der Waals surface area contributed by atoms with Crippen LogP contribution in [-0.2, 0) is 9.53 Å². The van der Waals surface area contributed by atoms with Crippen molar-refractivity contribution in [2.45, 2.75) is 6.42 Å². The molecule has 1 aliphatic heterocycles. The maximum absolute atomic E-state index is 11.6. The van der Waals surface area contributed by atoms with E-state index in [1.54, 1.807) is 6.20 Å². The zero-order valence-electron chi connectivity index (χ0n) is 11.2. The quantitative estimate of drug-likeness (QED) is 0.798. The summed E-state index contributed by atoms with van der Waals surface area (Å²) in [6.07, 6.45) is 2.60. The number of halogens is 1. The number of anilines is 1. The Kier molecular flexibility index (Phi) is 3.49. The van der Waals surface area contributed by atoms with Crippen LogP contribution in [0.4, 0.5) is 5.69 Å². The number of carbonyl (C=O) groups excluding carboxylic acids is 1. The van der Waals surface area contributed by atoms with Crippen molar-refractivity contribution in [3.8, 4) is 0 Å². The molecule has 1 atom stereocenters. The first-order valence-electron chi connectivity index (χ1n) is 6.56. The fourth-order valence-electron chi connectivity index (χ4n) is 2.72. The fourth-order valence-corrected chi connectivity index (χ4v) is 2.89. The minimum Gasteiger partial charge on any atom is -0.469 e. The Labute approximate surface area is 122 Å². The van der Waals surface area contributed by atoms with Crippen LogP contribution in [0, 0.1) is 5.92 Å². The Morgan fingerprint density at radius 1 is 1.45 bits per heavy atom. The monoisotopic (exact) mass is 290 g/mol. The molecule has 1 aromatic carbocycles. The van der Waals surface area contributed by atoms with Crippen LogP contribution in [0.2, 0.25) is 5.02 Å². The van der Waals surface area contributed by atoms with E-state index < -0.39 is 0 Å². The number of hydrogen-bond acceptors (Lipinski definition) is 4. The van der Waals surface area contributed by atoms with Crippen molar-refractivity contribution in [1.29, 1.82) is 0 Å². The minimum atomic E-state index is -0.131. The van der Waals surface area contributed by atoms with Crippen molar-refractivity contribution in [3.63, 3.8) is 0 Å². The fraction of sp³-hybridized carbons (Fsp3) is 0.333. The van der Waals surface area contributed by atoms with E-state index in [1.165, 1.54) is 7.11 Å². The number of ether oxygens (including phenoxy) is 1. The summed E-state index contributed by atoms with van der Waals surface area (Å²) in [5, 5.41) is 1.73. The highest BCUT2D eigenvalue weighted by Gasteiger charge is 2.29. The molecule has 5 heteroatoms. The molecule has 2 aromatic rings. The van der Waals surface area contributed by atoms with Crippen LogP contribution in [0.25, 0.3) is 10.9 Å². The maximum atomic E-state index is 11.6. The van der Waals surface area contributed by atoms with Crippen LogP contribution in [0.5, 0.6) is 0 Å². The van der Waals surface area contributed by atoms with Gasteiger partial charge in [-0.15, -0.1) is 0 Å². The third-order valence-electron chi connectivity index (χ3n) is 3.75. The molecule has 0 N–H and O–H groups in total. The summed E-state index contributed by atoms with van der Waals surface area (Å²) in [6.45, 7) is 1.54. The summed E-state index contributed by atoms with van der Waals surface area (Å²) < 4.78 is 4.83. The van der Waals surface area contributed by atoms with Gasteiger partial charge in [-0.3, -0.25) is 9.78 Å². The van der Waals surface area contributed by atoms with E-state index in [1.807, 2.05) is 24.3 Å². The van der Waals surface area contributed by atoms with Crippen molar-refractivity contribution in [2.75, 3.05) is 25.1 Å². The van der Waals surface area contributed by atoms with E-state index in [2.05, 4.69) is 9.88 Å². The Morgan fingerprint density at radius 3 is 3.10 bits per heavy atom. The van der Waals surface area contributed by atoms with Gasteiger partial charge in [0, 0.05) is 35.4 Å². The summed E-state index contributed by atoms with van der Waals surface area (Å²) in [7, 11) is 1.44. The number of methoxy groups -OCH3 is 1. The van der Waals surface area contributed by atoms with Crippen molar-refractivity contribution in [1.82, 2.24) is 4.98 Å². The lowest BCUT2D eigenvalue weighted by Crippen LogP contribution is -2.23. The minimum absolute atomic E-state index is 0.0458. The first kappa shape index (κ1) is 13.2. The van der Waals surface area contributed by atoms with Crippen LogP contribution in [-0.4, -0.2) is 31.2 Å². The second-order valence-electron chi connectivity index (χ2n) is 4.95. The molecule has 2 heterocycles. The van der Waals surface area contributed by atoms with Crippen LogP contribution in [0.3, 0.4) is 0 Å². The zero-order valence-corrected chi connectivity index (χ0v) is 11.9. The molecule has 3 rings (SSSR count). The standard InChI is InChI=1S/C15H15ClN2O2/c1-20-15(19)10-5-7-18(9-10)14-4-6-17-13-8-11(16)2-3-12(13)14/h2-4,6,8,10H,5,7,9H2,1H3. The molecule has 0 saturated carbocycles. The third-order valence-corrected chi connectivity index (χ3v) is 3.98. The second kappa shape index (κ2) is 5.29. The largest absolute Gasteiger partial charge is 0.469 e. The summed E-state index contributed by atoms with van der Waals surface area (Å²) in [5.41, 5.74) is 1.97. The van der Waals surface area contributed by atoms with E-state index in [0.29, 0.717) is 11.6 Å². The topological polar surface area (TPSA) is 42.4 Å². The highest BCUT2D eigenvalue weighted by atomic mass is 35.5. The molecule has 0 aliphatic carbocycles. The number of hydrogen-bond donors (Lipinski definition) is 0.